The van der Waals surface area contributed by atoms with Gasteiger partial charge in [0, 0.05) is 24.7 Å². The maximum atomic E-state index is 11.8. The third kappa shape index (κ3) is 7.31. The van der Waals surface area contributed by atoms with E-state index in [9.17, 15) is 9.59 Å². The number of nitrogens with one attached hydrogen (secondary N) is 2. The first-order valence-electron chi connectivity index (χ1n) is 6.90. The van der Waals surface area contributed by atoms with Crippen molar-refractivity contribution in [3.05, 3.63) is 29.8 Å². The normalized spacial score (nSPS) is 12.0. The molecule has 1 unspecified atom stereocenters. The van der Waals surface area contributed by atoms with Gasteiger partial charge >= 0.3 is 12.0 Å². The van der Waals surface area contributed by atoms with Crippen molar-refractivity contribution in [2.45, 2.75) is 25.8 Å². The highest BCUT2D eigenvalue weighted by Gasteiger charge is 2.08. The maximum absolute atomic E-state index is 11.8. The first-order chi connectivity index (χ1) is 9.86. The van der Waals surface area contributed by atoms with Crippen LogP contribution in [0.25, 0.3) is 0 Å². The van der Waals surface area contributed by atoms with Gasteiger partial charge in [0.2, 0.25) is 0 Å². The monoisotopic (exact) mass is 293 g/mol. The Hall–Kier alpha value is -2.08. The zero-order valence-electron chi connectivity index (χ0n) is 12.7. The van der Waals surface area contributed by atoms with Crippen LogP contribution in [0.4, 0.5) is 10.5 Å². The van der Waals surface area contributed by atoms with Gasteiger partial charge in [0.1, 0.15) is 0 Å². The molecule has 0 saturated heterocycles. The number of nitrogens with zero attached hydrogens (tertiary/aromatic N) is 1. The third-order valence-electron chi connectivity index (χ3n) is 2.86. The van der Waals surface area contributed by atoms with Crippen molar-refractivity contribution in [1.82, 2.24) is 10.2 Å². The van der Waals surface area contributed by atoms with Crippen molar-refractivity contribution in [2.24, 2.45) is 0 Å². The number of aryl methyl sites for hydroxylation is 1. The van der Waals surface area contributed by atoms with E-state index >= 15 is 0 Å². The largest absolute Gasteiger partial charge is 0.481 e. The summed E-state index contributed by atoms with van der Waals surface area (Å²) in [5.41, 5.74) is 1.62. The fourth-order valence-electron chi connectivity index (χ4n) is 1.99. The van der Waals surface area contributed by atoms with Gasteiger partial charge < -0.3 is 20.6 Å². The van der Waals surface area contributed by atoms with E-state index < -0.39 is 5.97 Å². The van der Waals surface area contributed by atoms with Crippen LogP contribution in [0.15, 0.2) is 24.3 Å². The Kier molecular flexibility index (Phi) is 6.68. The Balaban J connectivity index is 2.44. The second-order valence-corrected chi connectivity index (χ2v) is 5.35. The molecule has 1 atom stereocenters. The van der Waals surface area contributed by atoms with Gasteiger partial charge in [-0.25, -0.2) is 4.79 Å². The molecular weight excluding hydrogens is 270 g/mol. The molecule has 6 heteroatoms. The van der Waals surface area contributed by atoms with Gasteiger partial charge in [0.25, 0.3) is 0 Å². The lowest BCUT2D eigenvalue weighted by Gasteiger charge is -2.18. The highest BCUT2D eigenvalue weighted by atomic mass is 16.4. The standard InChI is InChI=1S/C15H23N3O3/c1-11(10-18(2)3)16-15(21)17-13-7-4-12(5-8-13)6-9-14(19)20/h4-5,7-8,11H,6,9-10H2,1-3H3,(H,19,20)(H2,16,17,21). The van der Waals surface area contributed by atoms with Crippen LogP contribution in [-0.4, -0.2) is 48.7 Å². The second-order valence-electron chi connectivity index (χ2n) is 5.35. The fraction of sp³-hybridized carbons (Fsp3) is 0.467. The number of hydrogen-bond acceptors (Lipinski definition) is 3. The molecule has 0 aliphatic carbocycles. The Labute approximate surface area is 125 Å². The summed E-state index contributed by atoms with van der Waals surface area (Å²) in [5, 5.41) is 14.2. The fourth-order valence-corrected chi connectivity index (χ4v) is 1.99. The molecule has 3 N–H and O–H groups in total. The van der Waals surface area contributed by atoms with Crippen molar-refractivity contribution in [3.63, 3.8) is 0 Å². The number of carbonyl (C=O) groups is 2. The molecule has 21 heavy (non-hydrogen) atoms. The van der Waals surface area contributed by atoms with Crippen LogP contribution in [0.2, 0.25) is 0 Å². The zero-order chi connectivity index (χ0) is 15.8. The number of aliphatic carboxylic acids is 1. The molecule has 0 aliphatic heterocycles. The number of urea groups is 1. The van der Waals surface area contributed by atoms with Crippen LogP contribution in [0.5, 0.6) is 0 Å². The topological polar surface area (TPSA) is 81.7 Å². The summed E-state index contributed by atoms with van der Waals surface area (Å²) in [7, 11) is 3.90. The number of carboxylic acids is 1. The smallest absolute Gasteiger partial charge is 0.319 e. The first-order valence-corrected chi connectivity index (χ1v) is 6.90. The SMILES string of the molecule is CC(CN(C)C)NC(=O)Nc1ccc(CCC(=O)O)cc1. The molecule has 0 aromatic heterocycles. The molecule has 6 nitrogen and oxygen atoms in total. The number of likely N-dealkylation sites (N-methyl/N-ethyl adjacent to an activating group) is 1. The summed E-state index contributed by atoms with van der Waals surface area (Å²) in [6, 6.07) is 6.99. The number of benzene rings is 1. The minimum atomic E-state index is -0.813. The predicted octanol–water partition coefficient (Wildman–Crippen LogP) is 1.78. The van der Waals surface area contributed by atoms with Crippen molar-refractivity contribution in [3.8, 4) is 0 Å². The van der Waals surface area contributed by atoms with Crippen molar-refractivity contribution < 1.29 is 14.7 Å². The highest BCUT2D eigenvalue weighted by Crippen LogP contribution is 2.11. The van der Waals surface area contributed by atoms with Crippen molar-refractivity contribution >= 4 is 17.7 Å². The molecule has 1 aromatic rings. The Morgan fingerprint density at radius 1 is 1.24 bits per heavy atom. The van der Waals surface area contributed by atoms with Gasteiger partial charge in [0.15, 0.2) is 0 Å². The van der Waals surface area contributed by atoms with Crippen LogP contribution in [0, 0.1) is 0 Å². The summed E-state index contributed by atoms with van der Waals surface area (Å²) in [4.78, 5) is 24.3. The molecule has 0 saturated carbocycles. The summed E-state index contributed by atoms with van der Waals surface area (Å²) in [6.45, 7) is 2.70. The van der Waals surface area contributed by atoms with E-state index in [1.165, 1.54) is 0 Å². The van der Waals surface area contributed by atoms with Gasteiger partial charge in [-0.1, -0.05) is 12.1 Å². The van der Waals surface area contributed by atoms with E-state index in [2.05, 4.69) is 10.6 Å². The Morgan fingerprint density at radius 3 is 2.38 bits per heavy atom. The molecule has 1 aromatic carbocycles. The summed E-state index contributed by atoms with van der Waals surface area (Å²) in [6.07, 6.45) is 0.594. The Bertz CT molecular complexity index is 472. The van der Waals surface area contributed by atoms with E-state index in [-0.39, 0.29) is 18.5 Å². The van der Waals surface area contributed by atoms with Crippen LogP contribution < -0.4 is 10.6 Å². The molecule has 2 amide bonds. The number of anilines is 1. The maximum Gasteiger partial charge on any atom is 0.319 e. The summed E-state index contributed by atoms with van der Waals surface area (Å²) < 4.78 is 0. The number of carbonyl (C=O) groups excluding carboxylic acids is 1. The molecule has 116 valence electrons. The number of amides is 2. The number of rotatable bonds is 7. The molecular formula is C15H23N3O3. The lowest BCUT2D eigenvalue weighted by atomic mass is 10.1. The highest BCUT2D eigenvalue weighted by molar-refractivity contribution is 5.89. The predicted molar refractivity (Wildman–Crippen MR) is 82.6 cm³/mol. The van der Waals surface area contributed by atoms with E-state index in [0.29, 0.717) is 12.1 Å². The quantitative estimate of drug-likeness (QED) is 0.715. The molecule has 0 radical (unpaired) electrons. The van der Waals surface area contributed by atoms with Crippen LogP contribution >= 0.6 is 0 Å². The minimum absolute atomic E-state index is 0.0508. The molecule has 1 rings (SSSR count). The minimum Gasteiger partial charge on any atom is -0.481 e. The van der Waals surface area contributed by atoms with Gasteiger partial charge in [-0.2, -0.15) is 0 Å². The molecule has 0 fully saturated rings. The van der Waals surface area contributed by atoms with Crippen LogP contribution in [0.1, 0.15) is 18.9 Å². The van der Waals surface area contributed by atoms with Gasteiger partial charge in [-0.3, -0.25) is 4.79 Å². The van der Waals surface area contributed by atoms with Crippen LogP contribution in [0.3, 0.4) is 0 Å². The van der Waals surface area contributed by atoms with Gasteiger partial charge in [-0.05, 0) is 45.1 Å². The molecule has 0 spiro atoms. The molecule has 0 aliphatic rings. The Morgan fingerprint density at radius 2 is 1.86 bits per heavy atom. The van der Waals surface area contributed by atoms with Crippen LogP contribution in [-0.2, 0) is 11.2 Å². The van der Waals surface area contributed by atoms with Gasteiger partial charge in [0.05, 0.1) is 0 Å². The van der Waals surface area contributed by atoms with Crippen molar-refractivity contribution in [1.29, 1.82) is 0 Å². The third-order valence-corrected chi connectivity index (χ3v) is 2.86. The lowest BCUT2D eigenvalue weighted by Crippen LogP contribution is -2.41. The zero-order valence-corrected chi connectivity index (χ0v) is 12.7. The first kappa shape index (κ1) is 17.0. The molecule has 0 bridgehead atoms. The number of carboxylic acid groups (broad SMARTS) is 1. The van der Waals surface area contributed by atoms with E-state index in [1.807, 2.05) is 38.1 Å². The van der Waals surface area contributed by atoms with E-state index in [4.69, 9.17) is 5.11 Å². The lowest BCUT2D eigenvalue weighted by molar-refractivity contribution is -0.136. The van der Waals surface area contributed by atoms with Crippen molar-refractivity contribution in [2.75, 3.05) is 26.0 Å². The summed E-state index contributed by atoms with van der Waals surface area (Å²) >= 11 is 0. The second kappa shape index (κ2) is 8.26. The average Bonchev–Trinajstić information content (AvgIpc) is 2.36. The van der Waals surface area contributed by atoms with E-state index in [1.54, 1.807) is 12.1 Å². The number of hydrogen-bond donors (Lipinski definition) is 3. The van der Waals surface area contributed by atoms with E-state index in [0.717, 1.165) is 12.1 Å². The average molecular weight is 293 g/mol. The summed E-state index contributed by atoms with van der Waals surface area (Å²) in [5.74, 6) is -0.813. The van der Waals surface area contributed by atoms with Gasteiger partial charge in [-0.15, -0.1) is 0 Å². The molecule has 0 heterocycles.